The quantitative estimate of drug-likeness (QED) is 0.349. The molecule has 0 spiro atoms. The van der Waals surface area contributed by atoms with Gasteiger partial charge in [0, 0.05) is 26.1 Å². The maximum atomic E-state index is 5.42. The largest absolute Gasteiger partial charge is 0.496 e. The number of guanidine groups is 1. The molecule has 0 unspecified atom stereocenters. The van der Waals surface area contributed by atoms with E-state index in [0.717, 1.165) is 55.8 Å². The SMILES string of the molecule is CCNC(=NCc1nnc2n1CCCCC2)NCCc1ccccc1OC.I. The van der Waals surface area contributed by atoms with E-state index in [1.165, 1.54) is 24.8 Å². The van der Waals surface area contributed by atoms with E-state index < -0.39 is 0 Å². The molecule has 154 valence electrons. The first-order valence-corrected chi connectivity index (χ1v) is 9.87. The van der Waals surface area contributed by atoms with Crippen LogP contribution in [0.5, 0.6) is 5.75 Å². The van der Waals surface area contributed by atoms with Crippen molar-refractivity contribution < 1.29 is 4.74 Å². The summed E-state index contributed by atoms with van der Waals surface area (Å²) >= 11 is 0. The highest BCUT2D eigenvalue weighted by molar-refractivity contribution is 14.0. The molecule has 8 heteroatoms. The van der Waals surface area contributed by atoms with Gasteiger partial charge in [-0.3, -0.25) is 0 Å². The first-order valence-electron chi connectivity index (χ1n) is 9.87. The van der Waals surface area contributed by atoms with Crippen molar-refractivity contribution in [2.24, 2.45) is 4.99 Å². The topological polar surface area (TPSA) is 76.4 Å². The Morgan fingerprint density at radius 3 is 2.86 bits per heavy atom. The number of aromatic nitrogens is 3. The molecule has 3 rings (SSSR count). The first kappa shape index (κ1) is 22.4. The number of nitrogens with one attached hydrogen (secondary N) is 2. The smallest absolute Gasteiger partial charge is 0.191 e. The van der Waals surface area contributed by atoms with Gasteiger partial charge in [-0.2, -0.15) is 0 Å². The predicted octanol–water partition coefficient (Wildman–Crippen LogP) is 2.93. The van der Waals surface area contributed by atoms with Crippen LogP contribution in [0.15, 0.2) is 29.3 Å². The maximum Gasteiger partial charge on any atom is 0.191 e. The zero-order chi connectivity index (χ0) is 18.9. The fraction of sp³-hybridized carbons (Fsp3) is 0.550. The van der Waals surface area contributed by atoms with Crippen LogP contribution in [0.4, 0.5) is 0 Å². The molecule has 2 N–H and O–H groups in total. The molecule has 0 bridgehead atoms. The second kappa shape index (κ2) is 11.9. The van der Waals surface area contributed by atoms with E-state index in [9.17, 15) is 0 Å². The zero-order valence-electron chi connectivity index (χ0n) is 16.8. The number of hydrogen-bond acceptors (Lipinski definition) is 4. The second-order valence-electron chi connectivity index (χ2n) is 6.68. The van der Waals surface area contributed by atoms with Gasteiger partial charge < -0.3 is 19.9 Å². The molecule has 1 aliphatic heterocycles. The van der Waals surface area contributed by atoms with Gasteiger partial charge in [-0.05, 0) is 37.8 Å². The Bertz CT molecular complexity index is 761. The van der Waals surface area contributed by atoms with Crippen LogP contribution < -0.4 is 15.4 Å². The van der Waals surface area contributed by atoms with Crippen molar-refractivity contribution in [3.63, 3.8) is 0 Å². The van der Waals surface area contributed by atoms with Gasteiger partial charge in [0.15, 0.2) is 11.8 Å². The summed E-state index contributed by atoms with van der Waals surface area (Å²) in [6.07, 6.45) is 5.55. The lowest BCUT2D eigenvalue weighted by molar-refractivity contribution is 0.409. The Hall–Kier alpha value is -1.84. The second-order valence-corrected chi connectivity index (χ2v) is 6.68. The number of halogens is 1. The van der Waals surface area contributed by atoms with Crippen molar-refractivity contribution in [1.82, 2.24) is 25.4 Å². The molecule has 0 saturated carbocycles. The number of nitrogens with zero attached hydrogens (tertiary/aromatic N) is 4. The van der Waals surface area contributed by atoms with E-state index in [2.05, 4.69) is 38.4 Å². The molecule has 0 fully saturated rings. The molecular formula is C20H31IN6O. The fourth-order valence-corrected chi connectivity index (χ4v) is 3.38. The molecule has 0 radical (unpaired) electrons. The van der Waals surface area contributed by atoms with Crippen molar-refractivity contribution in [2.45, 2.75) is 52.1 Å². The number of rotatable bonds is 7. The summed E-state index contributed by atoms with van der Waals surface area (Å²) < 4.78 is 7.66. The van der Waals surface area contributed by atoms with E-state index in [-0.39, 0.29) is 24.0 Å². The van der Waals surface area contributed by atoms with Gasteiger partial charge in [-0.25, -0.2) is 4.99 Å². The van der Waals surface area contributed by atoms with E-state index in [4.69, 9.17) is 9.73 Å². The van der Waals surface area contributed by atoms with Crippen molar-refractivity contribution in [2.75, 3.05) is 20.2 Å². The maximum absolute atomic E-state index is 5.42. The Morgan fingerprint density at radius 2 is 2.04 bits per heavy atom. The molecule has 1 aromatic heterocycles. The minimum absolute atomic E-state index is 0. The van der Waals surface area contributed by atoms with Crippen molar-refractivity contribution >= 4 is 29.9 Å². The van der Waals surface area contributed by atoms with Crippen LogP contribution in [0.2, 0.25) is 0 Å². The van der Waals surface area contributed by atoms with E-state index in [1.807, 2.05) is 18.2 Å². The lowest BCUT2D eigenvalue weighted by Gasteiger charge is -2.13. The van der Waals surface area contributed by atoms with Gasteiger partial charge in [0.2, 0.25) is 0 Å². The fourth-order valence-electron chi connectivity index (χ4n) is 3.38. The summed E-state index contributed by atoms with van der Waals surface area (Å²) in [6, 6.07) is 8.11. The van der Waals surface area contributed by atoms with Crippen LogP contribution in [-0.4, -0.2) is 40.9 Å². The molecule has 0 saturated heterocycles. The lowest BCUT2D eigenvalue weighted by Crippen LogP contribution is -2.38. The average Bonchev–Trinajstić information content (AvgIpc) is 2.92. The van der Waals surface area contributed by atoms with E-state index >= 15 is 0 Å². The molecule has 1 aromatic carbocycles. The number of aryl methyl sites for hydroxylation is 1. The third kappa shape index (κ3) is 6.08. The number of para-hydroxylation sites is 1. The highest BCUT2D eigenvalue weighted by Gasteiger charge is 2.14. The van der Waals surface area contributed by atoms with Crippen LogP contribution in [0.25, 0.3) is 0 Å². The molecule has 7 nitrogen and oxygen atoms in total. The van der Waals surface area contributed by atoms with Crippen molar-refractivity contribution in [1.29, 1.82) is 0 Å². The Labute approximate surface area is 184 Å². The summed E-state index contributed by atoms with van der Waals surface area (Å²) in [6.45, 7) is 5.21. The molecule has 0 amide bonds. The monoisotopic (exact) mass is 498 g/mol. The molecule has 0 aliphatic carbocycles. The van der Waals surface area contributed by atoms with E-state index in [1.54, 1.807) is 7.11 Å². The minimum Gasteiger partial charge on any atom is -0.496 e. The highest BCUT2D eigenvalue weighted by atomic mass is 127. The van der Waals surface area contributed by atoms with Crippen molar-refractivity contribution in [3.05, 3.63) is 41.5 Å². The van der Waals surface area contributed by atoms with Gasteiger partial charge >= 0.3 is 0 Å². The number of ether oxygens (including phenoxy) is 1. The predicted molar refractivity (Wildman–Crippen MR) is 123 cm³/mol. The first-order chi connectivity index (χ1) is 13.3. The van der Waals surface area contributed by atoms with Crippen molar-refractivity contribution in [3.8, 4) is 5.75 Å². The van der Waals surface area contributed by atoms with Crippen LogP contribution in [0, 0.1) is 0 Å². The average molecular weight is 498 g/mol. The standard InChI is InChI=1S/C20H30N6O.HI/c1-3-21-20(22-13-12-16-9-6-7-10-17(16)27-2)23-15-19-25-24-18-11-5-4-8-14-26(18)19;/h6-7,9-10H,3-5,8,11-15H2,1-2H3,(H2,21,22,23);1H. The lowest BCUT2D eigenvalue weighted by atomic mass is 10.1. The van der Waals surface area contributed by atoms with Gasteiger partial charge in [-0.1, -0.05) is 24.6 Å². The van der Waals surface area contributed by atoms with Gasteiger partial charge in [0.05, 0.1) is 7.11 Å². The van der Waals surface area contributed by atoms with Gasteiger partial charge in [0.25, 0.3) is 0 Å². The summed E-state index contributed by atoms with van der Waals surface area (Å²) in [7, 11) is 1.71. The molecule has 2 aromatic rings. The summed E-state index contributed by atoms with van der Waals surface area (Å²) in [5, 5.41) is 15.4. The van der Waals surface area contributed by atoms with E-state index in [0.29, 0.717) is 6.54 Å². The number of aliphatic imine (C=N–C) groups is 1. The number of fused-ring (bicyclic) bond motifs is 1. The molecule has 28 heavy (non-hydrogen) atoms. The Kier molecular flexibility index (Phi) is 9.52. The molecule has 2 heterocycles. The van der Waals surface area contributed by atoms with Crippen LogP contribution in [0.1, 0.15) is 43.4 Å². The highest BCUT2D eigenvalue weighted by Crippen LogP contribution is 2.17. The number of hydrogen-bond donors (Lipinski definition) is 2. The summed E-state index contributed by atoms with van der Waals surface area (Å²) in [5.41, 5.74) is 1.19. The van der Waals surface area contributed by atoms with Gasteiger partial charge in [-0.15, -0.1) is 34.2 Å². The Morgan fingerprint density at radius 1 is 1.18 bits per heavy atom. The third-order valence-corrected chi connectivity index (χ3v) is 4.79. The normalized spacial score (nSPS) is 13.9. The molecular weight excluding hydrogens is 467 g/mol. The van der Waals surface area contributed by atoms with Crippen LogP contribution in [-0.2, 0) is 25.9 Å². The zero-order valence-corrected chi connectivity index (χ0v) is 19.1. The summed E-state index contributed by atoms with van der Waals surface area (Å²) in [4.78, 5) is 4.71. The number of benzene rings is 1. The minimum atomic E-state index is 0. The third-order valence-electron chi connectivity index (χ3n) is 4.79. The Balaban J connectivity index is 0.00000280. The molecule has 1 aliphatic rings. The summed E-state index contributed by atoms with van der Waals surface area (Å²) in [5.74, 6) is 3.78. The van der Waals surface area contributed by atoms with Crippen LogP contribution in [0.3, 0.4) is 0 Å². The number of methoxy groups -OCH3 is 1. The van der Waals surface area contributed by atoms with Crippen LogP contribution >= 0.6 is 24.0 Å². The molecule has 0 atom stereocenters. The van der Waals surface area contributed by atoms with Gasteiger partial charge in [0.1, 0.15) is 18.1 Å².